The highest BCUT2D eigenvalue weighted by molar-refractivity contribution is 5.79. The van der Waals surface area contributed by atoms with Crippen LogP contribution in [0, 0.1) is 17.1 Å². The number of piperidine rings is 1. The predicted octanol–water partition coefficient (Wildman–Crippen LogP) is 3.26. The van der Waals surface area contributed by atoms with Gasteiger partial charge in [0, 0.05) is 37.3 Å². The summed E-state index contributed by atoms with van der Waals surface area (Å²) < 4.78 is 19.6. The summed E-state index contributed by atoms with van der Waals surface area (Å²) in [6, 6.07) is 15.9. The lowest BCUT2D eigenvalue weighted by Gasteiger charge is -2.36. The van der Waals surface area contributed by atoms with Crippen molar-refractivity contribution in [3.63, 3.8) is 0 Å². The number of hydrogen-bond acceptors (Lipinski definition) is 5. The number of likely N-dealkylation sites (tertiary alicyclic amines) is 1. The molecule has 5 nitrogen and oxygen atoms in total. The molecule has 1 aliphatic rings. The van der Waals surface area contributed by atoms with Gasteiger partial charge >= 0.3 is 0 Å². The van der Waals surface area contributed by atoms with Crippen molar-refractivity contribution in [1.82, 2.24) is 9.88 Å². The second-order valence-electron chi connectivity index (χ2n) is 7.07. The average Bonchev–Trinajstić information content (AvgIpc) is 2.69. The minimum absolute atomic E-state index is 0.304. The number of nitriles is 1. The molecule has 2 heterocycles. The van der Waals surface area contributed by atoms with Crippen molar-refractivity contribution in [3.8, 4) is 11.8 Å². The van der Waals surface area contributed by atoms with E-state index in [0.717, 1.165) is 16.5 Å². The molecule has 1 N–H and O–H groups in total. The Morgan fingerprint density at radius 3 is 2.96 bits per heavy atom. The second-order valence-corrected chi connectivity index (χ2v) is 7.07. The summed E-state index contributed by atoms with van der Waals surface area (Å²) in [6.45, 7) is 1.62. The first-order valence-corrected chi connectivity index (χ1v) is 9.22. The molecular formula is C22H20FN3O2. The molecule has 2 atom stereocenters. The third-order valence-corrected chi connectivity index (χ3v) is 4.96. The molecule has 0 radical (unpaired) electrons. The van der Waals surface area contributed by atoms with Gasteiger partial charge in [-0.25, -0.2) is 4.39 Å². The average molecular weight is 377 g/mol. The molecule has 0 spiro atoms. The second kappa shape index (κ2) is 7.93. The first-order valence-electron chi connectivity index (χ1n) is 9.22. The third kappa shape index (κ3) is 4.11. The highest BCUT2D eigenvalue weighted by Crippen LogP contribution is 2.24. The van der Waals surface area contributed by atoms with Crippen LogP contribution in [-0.4, -0.2) is 40.3 Å². The monoisotopic (exact) mass is 377 g/mol. The van der Waals surface area contributed by atoms with E-state index in [9.17, 15) is 9.50 Å². The number of aliphatic hydroxyl groups is 1. The van der Waals surface area contributed by atoms with Crippen molar-refractivity contribution in [2.45, 2.75) is 25.2 Å². The van der Waals surface area contributed by atoms with E-state index in [-0.39, 0.29) is 6.10 Å². The lowest BCUT2D eigenvalue weighted by Crippen LogP contribution is -2.48. The summed E-state index contributed by atoms with van der Waals surface area (Å²) >= 11 is 0. The highest BCUT2D eigenvalue weighted by Gasteiger charge is 2.29. The summed E-state index contributed by atoms with van der Waals surface area (Å²) in [7, 11) is 0. The zero-order chi connectivity index (χ0) is 19.5. The van der Waals surface area contributed by atoms with Gasteiger partial charge in [0.25, 0.3) is 0 Å². The van der Waals surface area contributed by atoms with Gasteiger partial charge in [-0.3, -0.25) is 9.88 Å². The van der Waals surface area contributed by atoms with Gasteiger partial charge in [-0.15, -0.1) is 0 Å². The van der Waals surface area contributed by atoms with Crippen molar-refractivity contribution >= 4 is 10.9 Å². The number of β-amino-alcohol motifs (C(OH)–C–C–N with tert-alkyl or cyclic N) is 1. The smallest absolute Gasteiger partial charge is 0.127 e. The number of benzene rings is 2. The van der Waals surface area contributed by atoms with E-state index >= 15 is 0 Å². The third-order valence-electron chi connectivity index (χ3n) is 4.96. The lowest BCUT2D eigenvalue weighted by atomic mass is 10.0. The highest BCUT2D eigenvalue weighted by atomic mass is 19.1. The first kappa shape index (κ1) is 18.4. The summed E-state index contributed by atoms with van der Waals surface area (Å²) in [5.74, 6) is 0.269. The van der Waals surface area contributed by atoms with Gasteiger partial charge in [-0.1, -0.05) is 6.07 Å². The van der Waals surface area contributed by atoms with Crippen LogP contribution in [0.3, 0.4) is 0 Å². The normalized spacial score (nSPS) is 20.0. The van der Waals surface area contributed by atoms with Crippen molar-refractivity contribution < 1.29 is 14.2 Å². The van der Waals surface area contributed by atoms with Gasteiger partial charge in [-0.2, -0.15) is 5.26 Å². The number of hydrogen-bond donors (Lipinski definition) is 1. The summed E-state index contributed by atoms with van der Waals surface area (Å²) in [6.07, 6.45) is 1.43. The molecule has 1 aromatic heterocycles. The van der Waals surface area contributed by atoms with E-state index in [0.29, 0.717) is 37.4 Å². The molecule has 0 aliphatic carbocycles. The van der Waals surface area contributed by atoms with Crippen LogP contribution in [0.4, 0.5) is 4.39 Å². The molecule has 142 valence electrons. The largest absolute Gasteiger partial charge is 0.488 e. The van der Waals surface area contributed by atoms with Crippen molar-refractivity contribution in [2.75, 3.05) is 13.1 Å². The molecule has 6 heteroatoms. The number of halogens is 1. The molecule has 1 fully saturated rings. The fraction of sp³-hybridized carbons (Fsp3) is 0.273. The Morgan fingerprint density at radius 2 is 2.14 bits per heavy atom. The maximum absolute atomic E-state index is 13.6. The molecule has 4 rings (SSSR count). The molecule has 0 amide bonds. The van der Waals surface area contributed by atoms with E-state index in [1.807, 2.05) is 41.3 Å². The topological polar surface area (TPSA) is 69.4 Å². The number of aliphatic hydroxyl groups excluding tert-OH is 1. The van der Waals surface area contributed by atoms with E-state index < -0.39 is 11.9 Å². The lowest BCUT2D eigenvalue weighted by molar-refractivity contribution is -0.0274. The molecule has 0 unspecified atom stereocenters. The van der Waals surface area contributed by atoms with E-state index in [1.54, 1.807) is 12.3 Å². The number of fused-ring (bicyclic) bond motifs is 1. The van der Waals surface area contributed by atoms with E-state index in [4.69, 9.17) is 10.00 Å². The van der Waals surface area contributed by atoms with Crippen LogP contribution in [0.5, 0.6) is 5.75 Å². The van der Waals surface area contributed by atoms with Crippen molar-refractivity contribution in [2.24, 2.45) is 0 Å². The minimum Gasteiger partial charge on any atom is -0.488 e. The van der Waals surface area contributed by atoms with Gasteiger partial charge in [-0.05, 0) is 48.4 Å². The molecular weight excluding hydrogens is 357 g/mol. The minimum atomic E-state index is -0.655. The standard InChI is InChI=1S/C22H20FN3O2/c23-18-9-15(12-24)8-16(10-18)13-26-7-5-22(21(27)14-26)28-19-4-3-17-2-1-6-25-20(17)11-19/h1-4,6,8-11,21-22,27H,5,7,13-14H2/t21-,22-/m1/s1. The van der Waals surface area contributed by atoms with Gasteiger partial charge in [0.15, 0.2) is 0 Å². The zero-order valence-electron chi connectivity index (χ0n) is 15.3. The molecule has 0 bridgehead atoms. The van der Waals surface area contributed by atoms with E-state index in [1.165, 1.54) is 12.1 Å². The van der Waals surface area contributed by atoms with Crippen LogP contribution >= 0.6 is 0 Å². The summed E-state index contributed by atoms with van der Waals surface area (Å²) in [4.78, 5) is 6.37. The molecule has 1 saturated heterocycles. The van der Waals surface area contributed by atoms with Crippen LogP contribution < -0.4 is 4.74 Å². The number of pyridine rings is 1. The van der Waals surface area contributed by atoms with Crippen LogP contribution in [-0.2, 0) is 6.54 Å². The molecule has 3 aromatic rings. The fourth-order valence-corrected chi connectivity index (χ4v) is 3.62. The molecule has 2 aromatic carbocycles. The number of aromatic nitrogens is 1. The SMILES string of the molecule is N#Cc1cc(F)cc(CN2CC[C@@H](Oc3ccc4cccnc4c3)[C@H](O)C2)c1. The quantitative estimate of drug-likeness (QED) is 0.756. The molecule has 1 aliphatic heterocycles. The maximum Gasteiger partial charge on any atom is 0.127 e. The van der Waals surface area contributed by atoms with Crippen LogP contribution in [0.2, 0.25) is 0 Å². The van der Waals surface area contributed by atoms with Crippen molar-refractivity contribution in [1.29, 1.82) is 5.26 Å². The Kier molecular flexibility index (Phi) is 5.20. The summed E-state index contributed by atoms with van der Waals surface area (Å²) in [5, 5.41) is 20.6. The number of nitrogens with zero attached hydrogens (tertiary/aromatic N) is 3. The Balaban J connectivity index is 1.39. The van der Waals surface area contributed by atoms with Crippen molar-refractivity contribution in [3.05, 3.63) is 71.7 Å². The van der Waals surface area contributed by atoms with Crippen LogP contribution in [0.25, 0.3) is 10.9 Å². The van der Waals surface area contributed by atoms with Gasteiger partial charge in [0.2, 0.25) is 0 Å². The van der Waals surface area contributed by atoms with Crippen LogP contribution in [0.15, 0.2) is 54.7 Å². The Hall–Kier alpha value is -3.01. The van der Waals surface area contributed by atoms with E-state index in [2.05, 4.69) is 4.98 Å². The van der Waals surface area contributed by atoms with Crippen LogP contribution in [0.1, 0.15) is 17.5 Å². The molecule has 0 saturated carbocycles. The maximum atomic E-state index is 13.6. The zero-order valence-corrected chi connectivity index (χ0v) is 15.3. The summed E-state index contributed by atoms with van der Waals surface area (Å²) in [5.41, 5.74) is 1.88. The van der Waals surface area contributed by atoms with Gasteiger partial charge in [0.1, 0.15) is 23.8 Å². The Bertz CT molecular complexity index is 1030. The van der Waals surface area contributed by atoms with Gasteiger partial charge < -0.3 is 9.84 Å². The predicted molar refractivity (Wildman–Crippen MR) is 103 cm³/mol. The first-order chi connectivity index (χ1) is 13.6. The fourth-order valence-electron chi connectivity index (χ4n) is 3.62. The Labute approximate surface area is 162 Å². The Morgan fingerprint density at radius 1 is 1.25 bits per heavy atom. The number of rotatable bonds is 4. The number of ether oxygens (including phenoxy) is 1. The van der Waals surface area contributed by atoms with Gasteiger partial charge in [0.05, 0.1) is 17.1 Å². The molecule has 28 heavy (non-hydrogen) atoms.